The van der Waals surface area contributed by atoms with Crippen LogP contribution in [0.25, 0.3) is 10.9 Å². The maximum Gasteiger partial charge on any atom is 0.0900 e. The predicted molar refractivity (Wildman–Crippen MR) is 90.4 cm³/mol. The topological polar surface area (TPSA) is 37.8 Å². The Hall–Kier alpha value is -1.65. The molecule has 0 aliphatic rings. The molecule has 0 aliphatic heterocycles. The van der Waals surface area contributed by atoms with Crippen molar-refractivity contribution in [1.29, 1.82) is 0 Å². The van der Waals surface area contributed by atoms with Gasteiger partial charge in [-0.2, -0.15) is 0 Å². The number of hydrogen-bond acceptors (Lipinski definition) is 4. The average molecular weight is 318 g/mol. The van der Waals surface area contributed by atoms with Crippen LogP contribution in [0.3, 0.4) is 0 Å². The van der Waals surface area contributed by atoms with Crippen LogP contribution in [0.1, 0.15) is 28.5 Å². The molecule has 1 unspecified atom stereocenters. The number of anilines is 1. The van der Waals surface area contributed by atoms with Gasteiger partial charge in [0.2, 0.25) is 0 Å². The number of pyridine rings is 1. The van der Waals surface area contributed by atoms with Gasteiger partial charge in [-0.3, -0.25) is 4.98 Å². The minimum atomic E-state index is 0.206. The Kier molecular flexibility index (Phi) is 3.83. The average Bonchev–Trinajstić information content (AvgIpc) is 2.77. The van der Waals surface area contributed by atoms with Gasteiger partial charge in [0.15, 0.2) is 0 Å². The molecule has 108 valence electrons. The standard InChI is InChI=1S/C16H16ClN3S/c1-9-16(21-11(3)19-9)10(2)20-14-6-7-18-15-8-12(17)4-5-13(14)15/h4-8,10H,1-3H3,(H,18,20). The van der Waals surface area contributed by atoms with E-state index >= 15 is 0 Å². The van der Waals surface area contributed by atoms with Crippen LogP contribution in [0.15, 0.2) is 30.5 Å². The maximum absolute atomic E-state index is 6.03. The molecule has 0 spiro atoms. The van der Waals surface area contributed by atoms with E-state index in [1.165, 1.54) is 4.88 Å². The molecule has 1 aromatic carbocycles. The van der Waals surface area contributed by atoms with Gasteiger partial charge in [-0.05, 0) is 45.0 Å². The van der Waals surface area contributed by atoms with Crippen molar-refractivity contribution >= 4 is 39.5 Å². The first-order chi connectivity index (χ1) is 10.0. The molecule has 1 N–H and O–H groups in total. The fourth-order valence-corrected chi connectivity index (χ4v) is 3.59. The molecule has 0 fully saturated rings. The van der Waals surface area contributed by atoms with Gasteiger partial charge >= 0.3 is 0 Å². The molecular formula is C16H16ClN3S. The van der Waals surface area contributed by atoms with Crippen molar-refractivity contribution < 1.29 is 0 Å². The monoisotopic (exact) mass is 317 g/mol. The van der Waals surface area contributed by atoms with Crippen molar-refractivity contribution in [3.05, 3.63) is 51.1 Å². The van der Waals surface area contributed by atoms with Gasteiger partial charge < -0.3 is 5.32 Å². The number of hydrogen-bond donors (Lipinski definition) is 1. The van der Waals surface area contributed by atoms with Crippen LogP contribution in [0.5, 0.6) is 0 Å². The van der Waals surface area contributed by atoms with Gasteiger partial charge in [-0.15, -0.1) is 11.3 Å². The van der Waals surface area contributed by atoms with Gasteiger partial charge in [-0.25, -0.2) is 4.98 Å². The predicted octanol–water partition coefficient (Wildman–Crippen LogP) is 5.13. The second-order valence-corrected chi connectivity index (χ2v) is 6.74. The fourth-order valence-electron chi connectivity index (χ4n) is 2.49. The normalized spacial score (nSPS) is 12.6. The summed E-state index contributed by atoms with van der Waals surface area (Å²) in [6, 6.07) is 7.98. The molecule has 3 nitrogen and oxygen atoms in total. The first-order valence-corrected chi connectivity index (χ1v) is 7.99. The minimum Gasteiger partial charge on any atom is -0.377 e. The van der Waals surface area contributed by atoms with Crippen molar-refractivity contribution in [1.82, 2.24) is 9.97 Å². The summed E-state index contributed by atoms with van der Waals surface area (Å²) in [6.45, 7) is 6.25. The first kappa shape index (κ1) is 14.3. The number of halogens is 1. The SMILES string of the molecule is Cc1nc(C)c(C(C)Nc2ccnc3cc(Cl)ccc23)s1. The summed E-state index contributed by atoms with van der Waals surface area (Å²) in [5.41, 5.74) is 3.06. The zero-order valence-corrected chi connectivity index (χ0v) is 13.7. The lowest BCUT2D eigenvalue weighted by molar-refractivity contribution is 0.891. The van der Waals surface area contributed by atoms with Crippen molar-refractivity contribution in [3.8, 4) is 0 Å². The van der Waals surface area contributed by atoms with Crippen molar-refractivity contribution in [3.63, 3.8) is 0 Å². The number of nitrogens with zero attached hydrogens (tertiary/aromatic N) is 2. The van der Waals surface area contributed by atoms with Gasteiger partial charge in [0.05, 0.1) is 22.3 Å². The fraction of sp³-hybridized carbons (Fsp3) is 0.250. The number of thiazole rings is 1. The lowest BCUT2D eigenvalue weighted by Gasteiger charge is -2.16. The Labute approximate surface area is 133 Å². The van der Waals surface area contributed by atoms with E-state index in [0.717, 1.165) is 27.3 Å². The highest BCUT2D eigenvalue weighted by atomic mass is 35.5. The van der Waals surface area contributed by atoms with E-state index in [0.29, 0.717) is 5.02 Å². The molecule has 3 rings (SSSR count). The summed E-state index contributed by atoms with van der Waals surface area (Å²) in [7, 11) is 0. The second kappa shape index (κ2) is 5.62. The van der Waals surface area contributed by atoms with Crippen molar-refractivity contribution in [2.75, 3.05) is 5.32 Å². The number of aryl methyl sites for hydroxylation is 2. The molecule has 21 heavy (non-hydrogen) atoms. The zero-order chi connectivity index (χ0) is 15.0. The van der Waals surface area contributed by atoms with Crippen LogP contribution in [-0.2, 0) is 0 Å². The summed E-state index contributed by atoms with van der Waals surface area (Å²) < 4.78 is 0. The Morgan fingerprint density at radius 3 is 2.76 bits per heavy atom. The van der Waals surface area contributed by atoms with E-state index in [9.17, 15) is 0 Å². The molecule has 0 amide bonds. The van der Waals surface area contributed by atoms with Gasteiger partial charge in [0.25, 0.3) is 0 Å². The molecular weight excluding hydrogens is 302 g/mol. The molecule has 0 saturated carbocycles. The molecule has 2 aromatic heterocycles. The van der Waals surface area contributed by atoms with Crippen molar-refractivity contribution in [2.45, 2.75) is 26.8 Å². The Bertz CT molecular complexity index is 797. The molecule has 2 heterocycles. The largest absolute Gasteiger partial charge is 0.377 e. The molecule has 0 radical (unpaired) electrons. The summed E-state index contributed by atoms with van der Waals surface area (Å²) in [6.07, 6.45) is 1.80. The summed E-state index contributed by atoms with van der Waals surface area (Å²) in [4.78, 5) is 10.1. The number of rotatable bonds is 3. The quantitative estimate of drug-likeness (QED) is 0.727. The van der Waals surface area contributed by atoms with E-state index in [4.69, 9.17) is 11.6 Å². The number of fused-ring (bicyclic) bond motifs is 1. The van der Waals surface area contributed by atoms with Gasteiger partial charge in [-0.1, -0.05) is 11.6 Å². The van der Waals surface area contributed by atoms with Crippen LogP contribution >= 0.6 is 22.9 Å². The number of aromatic nitrogens is 2. The van der Waals surface area contributed by atoms with E-state index in [1.54, 1.807) is 17.5 Å². The number of nitrogens with one attached hydrogen (secondary N) is 1. The van der Waals surface area contributed by atoms with Crippen LogP contribution in [0, 0.1) is 13.8 Å². The van der Waals surface area contributed by atoms with Gasteiger partial charge in [0.1, 0.15) is 0 Å². The zero-order valence-electron chi connectivity index (χ0n) is 12.1. The van der Waals surface area contributed by atoms with Crippen LogP contribution in [0.4, 0.5) is 5.69 Å². The summed E-state index contributed by atoms with van der Waals surface area (Å²) in [5.74, 6) is 0. The molecule has 5 heteroatoms. The highest BCUT2D eigenvalue weighted by Crippen LogP contribution is 2.30. The molecule has 0 aliphatic carbocycles. The smallest absolute Gasteiger partial charge is 0.0900 e. The Balaban J connectivity index is 1.96. The molecule has 1 atom stereocenters. The minimum absolute atomic E-state index is 0.206. The number of benzene rings is 1. The summed E-state index contributed by atoms with van der Waals surface area (Å²) in [5, 5.41) is 6.44. The first-order valence-electron chi connectivity index (χ1n) is 6.79. The van der Waals surface area contributed by atoms with Crippen LogP contribution in [0.2, 0.25) is 5.02 Å². The molecule has 3 aromatic rings. The maximum atomic E-state index is 6.03. The lowest BCUT2D eigenvalue weighted by atomic mass is 10.1. The third kappa shape index (κ3) is 2.87. The summed E-state index contributed by atoms with van der Waals surface area (Å²) >= 11 is 7.77. The van der Waals surface area contributed by atoms with Crippen LogP contribution < -0.4 is 5.32 Å². The third-order valence-corrected chi connectivity index (χ3v) is 4.90. The highest BCUT2D eigenvalue weighted by molar-refractivity contribution is 7.11. The van der Waals surface area contributed by atoms with E-state index < -0.39 is 0 Å². The Morgan fingerprint density at radius 2 is 2.05 bits per heavy atom. The van der Waals surface area contributed by atoms with Crippen LogP contribution in [-0.4, -0.2) is 9.97 Å². The van der Waals surface area contributed by atoms with Gasteiger partial charge in [0, 0.05) is 27.2 Å². The highest BCUT2D eigenvalue weighted by Gasteiger charge is 2.14. The molecule has 0 bridgehead atoms. The van der Waals surface area contributed by atoms with E-state index in [-0.39, 0.29) is 6.04 Å². The molecule has 0 saturated heterocycles. The third-order valence-electron chi connectivity index (χ3n) is 3.41. The lowest BCUT2D eigenvalue weighted by Crippen LogP contribution is -2.06. The van der Waals surface area contributed by atoms with E-state index in [2.05, 4.69) is 29.1 Å². The van der Waals surface area contributed by atoms with E-state index in [1.807, 2.05) is 31.2 Å². The Morgan fingerprint density at radius 1 is 1.24 bits per heavy atom. The second-order valence-electron chi connectivity index (χ2n) is 5.07. The van der Waals surface area contributed by atoms with Crippen molar-refractivity contribution in [2.24, 2.45) is 0 Å².